The average molecular weight is 289 g/mol. The molecule has 0 aliphatic carbocycles. The Hall–Kier alpha value is -1.55. The number of carbonyl (C=O) groups is 1. The summed E-state index contributed by atoms with van der Waals surface area (Å²) in [5.41, 5.74) is 1.75. The Balaban J connectivity index is 1.96. The van der Waals surface area contributed by atoms with Crippen molar-refractivity contribution in [2.24, 2.45) is 5.92 Å². The quantitative estimate of drug-likeness (QED) is 0.875. The Kier molecular flexibility index (Phi) is 5.62. The summed E-state index contributed by atoms with van der Waals surface area (Å²) >= 11 is 0. The first-order chi connectivity index (χ1) is 10.1. The lowest BCUT2D eigenvalue weighted by molar-refractivity contribution is 0.0956. The van der Waals surface area contributed by atoms with E-state index >= 15 is 0 Å². The Morgan fingerprint density at radius 3 is 2.76 bits per heavy atom. The minimum absolute atomic E-state index is 0.00639. The fourth-order valence-electron chi connectivity index (χ4n) is 2.92. The molecule has 21 heavy (non-hydrogen) atoms. The van der Waals surface area contributed by atoms with Crippen molar-refractivity contribution < 1.29 is 4.79 Å². The number of anilines is 1. The molecule has 1 aromatic carbocycles. The number of piperidine rings is 1. The molecule has 116 valence electrons. The van der Waals surface area contributed by atoms with Crippen LogP contribution in [0.25, 0.3) is 0 Å². The van der Waals surface area contributed by atoms with Crippen molar-refractivity contribution in [2.45, 2.75) is 32.7 Å². The summed E-state index contributed by atoms with van der Waals surface area (Å²) in [5, 5.41) is 6.40. The SMILES string of the molecule is CCNC(=O)c1cccc(NC(C)C2CCN(C)CC2)c1. The Morgan fingerprint density at radius 1 is 1.38 bits per heavy atom. The van der Waals surface area contributed by atoms with Crippen LogP contribution >= 0.6 is 0 Å². The zero-order valence-electron chi connectivity index (χ0n) is 13.4. The summed E-state index contributed by atoms with van der Waals surface area (Å²) in [4.78, 5) is 14.3. The first-order valence-electron chi connectivity index (χ1n) is 7.93. The highest BCUT2D eigenvalue weighted by Crippen LogP contribution is 2.23. The largest absolute Gasteiger partial charge is 0.382 e. The van der Waals surface area contributed by atoms with Gasteiger partial charge in [0.1, 0.15) is 0 Å². The summed E-state index contributed by atoms with van der Waals surface area (Å²) < 4.78 is 0. The topological polar surface area (TPSA) is 44.4 Å². The van der Waals surface area contributed by atoms with Crippen LogP contribution in [0.1, 0.15) is 37.0 Å². The fourth-order valence-corrected chi connectivity index (χ4v) is 2.92. The molecule has 0 saturated carbocycles. The summed E-state index contributed by atoms with van der Waals surface area (Å²) in [7, 11) is 2.18. The number of benzene rings is 1. The molecule has 1 aromatic rings. The number of hydrogen-bond donors (Lipinski definition) is 2. The number of likely N-dealkylation sites (tertiary alicyclic amines) is 1. The molecule has 1 unspecified atom stereocenters. The first kappa shape index (κ1) is 15.8. The third-order valence-corrected chi connectivity index (χ3v) is 4.33. The molecule has 0 bridgehead atoms. The van der Waals surface area contributed by atoms with E-state index in [1.807, 2.05) is 31.2 Å². The summed E-state index contributed by atoms with van der Waals surface area (Å²) in [6.45, 7) is 7.19. The predicted molar refractivity (Wildman–Crippen MR) is 87.8 cm³/mol. The predicted octanol–water partition coefficient (Wildman–Crippen LogP) is 2.58. The summed E-state index contributed by atoms with van der Waals surface area (Å²) in [5.74, 6) is 0.697. The van der Waals surface area contributed by atoms with Crippen LogP contribution in [0.3, 0.4) is 0 Å². The van der Waals surface area contributed by atoms with Crippen molar-refractivity contribution in [3.05, 3.63) is 29.8 Å². The second kappa shape index (κ2) is 7.46. The number of hydrogen-bond acceptors (Lipinski definition) is 3. The Bertz CT molecular complexity index is 467. The van der Waals surface area contributed by atoms with Crippen molar-refractivity contribution in [1.82, 2.24) is 10.2 Å². The lowest BCUT2D eigenvalue weighted by Crippen LogP contribution is -2.37. The second-order valence-electron chi connectivity index (χ2n) is 6.01. The van der Waals surface area contributed by atoms with Gasteiger partial charge in [-0.25, -0.2) is 0 Å². The lowest BCUT2D eigenvalue weighted by Gasteiger charge is -2.33. The zero-order valence-corrected chi connectivity index (χ0v) is 13.4. The van der Waals surface area contributed by atoms with Gasteiger partial charge in [0.05, 0.1) is 0 Å². The smallest absolute Gasteiger partial charge is 0.251 e. The maximum absolute atomic E-state index is 11.9. The molecular weight excluding hydrogens is 262 g/mol. The molecule has 1 saturated heterocycles. The van der Waals surface area contributed by atoms with Gasteiger partial charge in [0, 0.05) is 23.8 Å². The average Bonchev–Trinajstić information content (AvgIpc) is 2.48. The minimum Gasteiger partial charge on any atom is -0.382 e. The van der Waals surface area contributed by atoms with Gasteiger partial charge in [-0.2, -0.15) is 0 Å². The van der Waals surface area contributed by atoms with Crippen LogP contribution in [0.2, 0.25) is 0 Å². The van der Waals surface area contributed by atoms with Crippen LogP contribution in [0, 0.1) is 5.92 Å². The second-order valence-corrected chi connectivity index (χ2v) is 6.01. The van der Waals surface area contributed by atoms with E-state index in [2.05, 4.69) is 29.5 Å². The highest BCUT2D eigenvalue weighted by molar-refractivity contribution is 5.95. The number of nitrogens with zero attached hydrogens (tertiary/aromatic N) is 1. The van der Waals surface area contributed by atoms with E-state index in [0.717, 1.165) is 11.3 Å². The van der Waals surface area contributed by atoms with E-state index in [1.165, 1.54) is 25.9 Å². The zero-order chi connectivity index (χ0) is 15.2. The molecule has 1 aliphatic heterocycles. The van der Waals surface area contributed by atoms with E-state index in [0.29, 0.717) is 18.5 Å². The van der Waals surface area contributed by atoms with Gasteiger partial charge >= 0.3 is 0 Å². The molecule has 4 heteroatoms. The highest BCUT2D eigenvalue weighted by Gasteiger charge is 2.22. The molecule has 1 fully saturated rings. The molecule has 2 rings (SSSR count). The van der Waals surface area contributed by atoms with Crippen LogP contribution in [-0.2, 0) is 0 Å². The van der Waals surface area contributed by atoms with Crippen LogP contribution < -0.4 is 10.6 Å². The monoisotopic (exact) mass is 289 g/mol. The molecular formula is C17H27N3O. The summed E-state index contributed by atoms with van der Waals surface area (Å²) in [6.07, 6.45) is 2.47. The third-order valence-electron chi connectivity index (χ3n) is 4.33. The van der Waals surface area contributed by atoms with Gasteiger partial charge in [-0.15, -0.1) is 0 Å². The number of carbonyl (C=O) groups excluding carboxylic acids is 1. The number of nitrogens with one attached hydrogen (secondary N) is 2. The van der Waals surface area contributed by atoms with Crippen LogP contribution in [-0.4, -0.2) is 43.5 Å². The molecule has 1 aliphatic rings. The summed E-state index contributed by atoms with van der Waals surface area (Å²) in [6, 6.07) is 8.21. The maximum atomic E-state index is 11.9. The highest BCUT2D eigenvalue weighted by atomic mass is 16.1. The third kappa shape index (κ3) is 4.46. The molecule has 1 atom stereocenters. The van der Waals surface area contributed by atoms with Crippen molar-refractivity contribution >= 4 is 11.6 Å². The van der Waals surface area contributed by atoms with Gasteiger partial charge in [-0.3, -0.25) is 4.79 Å². The normalized spacial score (nSPS) is 18.2. The molecule has 0 spiro atoms. The standard InChI is InChI=1S/C17H27N3O/c1-4-18-17(21)15-6-5-7-16(12-15)19-13(2)14-8-10-20(3)11-9-14/h5-7,12-14,19H,4,8-11H2,1-3H3,(H,18,21). The van der Waals surface area contributed by atoms with Gasteiger partial charge in [0.15, 0.2) is 0 Å². The van der Waals surface area contributed by atoms with Crippen LogP contribution in [0.4, 0.5) is 5.69 Å². The van der Waals surface area contributed by atoms with Crippen molar-refractivity contribution in [3.8, 4) is 0 Å². The van der Waals surface area contributed by atoms with Crippen molar-refractivity contribution in [1.29, 1.82) is 0 Å². The van der Waals surface area contributed by atoms with E-state index < -0.39 is 0 Å². The number of rotatable bonds is 5. The van der Waals surface area contributed by atoms with Crippen molar-refractivity contribution in [3.63, 3.8) is 0 Å². The molecule has 0 radical (unpaired) electrons. The van der Waals surface area contributed by atoms with Gasteiger partial charge < -0.3 is 15.5 Å². The molecule has 1 amide bonds. The number of amides is 1. The Labute approximate surface area is 127 Å². The lowest BCUT2D eigenvalue weighted by atomic mass is 9.90. The van der Waals surface area contributed by atoms with E-state index in [-0.39, 0.29) is 5.91 Å². The van der Waals surface area contributed by atoms with Gasteiger partial charge in [-0.05, 0) is 70.9 Å². The first-order valence-corrected chi connectivity index (χ1v) is 7.93. The molecule has 0 aromatic heterocycles. The molecule has 4 nitrogen and oxygen atoms in total. The molecule has 2 N–H and O–H groups in total. The van der Waals surface area contributed by atoms with Crippen LogP contribution in [0.5, 0.6) is 0 Å². The Morgan fingerprint density at radius 2 is 2.10 bits per heavy atom. The van der Waals surface area contributed by atoms with Crippen molar-refractivity contribution in [2.75, 3.05) is 32.0 Å². The maximum Gasteiger partial charge on any atom is 0.251 e. The van der Waals surface area contributed by atoms with E-state index in [9.17, 15) is 4.79 Å². The van der Waals surface area contributed by atoms with Crippen LogP contribution in [0.15, 0.2) is 24.3 Å². The van der Waals surface area contributed by atoms with Gasteiger partial charge in [-0.1, -0.05) is 6.07 Å². The van der Waals surface area contributed by atoms with Gasteiger partial charge in [0.25, 0.3) is 5.91 Å². The minimum atomic E-state index is -0.00639. The van der Waals surface area contributed by atoms with E-state index in [1.54, 1.807) is 0 Å². The molecule has 1 heterocycles. The van der Waals surface area contributed by atoms with Gasteiger partial charge in [0.2, 0.25) is 0 Å². The fraction of sp³-hybridized carbons (Fsp3) is 0.588. The van der Waals surface area contributed by atoms with E-state index in [4.69, 9.17) is 0 Å².